The minimum atomic E-state index is -3.90. The van der Waals surface area contributed by atoms with Crippen LogP contribution in [0.1, 0.15) is 17.8 Å². The number of anilines is 1. The van der Waals surface area contributed by atoms with Gasteiger partial charge in [-0.05, 0) is 18.2 Å². The van der Waals surface area contributed by atoms with Crippen LogP contribution < -0.4 is 10.5 Å². The van der Waals surface area contributed by atoms with Crippen LogP contribution in [0.25, 0.3) is 0 Å². The molecule has 0 aliphatic rings. The van der Waals surface area contributed by atoms with Crippen LogP contribution in [0.15, 0.2) is 34.7 Å². The minimum absolute atomic E-state index is 0.0818. The number of aromatic nitrogens is 1. The third kappa shape index (κ3) is 3.33. The average Bonchev–Trinajstić information content (AvgIpc) is 2.89. The molecule has 20 heavy (non-hydrogen) atoms. The Balaban J connectivity index is 2.11. The number of halogens is 1. The summed E-state index contributed by atoms with van der Waals surface area (Å²) in [5.41, 5.74) is 5.57. The summed E-state index contributed by atoms with van der Waals surface area (Å²) in [6.07, 6.45) is 1.66. The Bertz CT molecular complexity index is 687. The molecule has 1 heterocycles. The van der Waals surface area contributed by atoms with E-state index in [2.05, 4.69) is 9.71 Å². The molecule has 1 aromatic heterocycles. The largest absolute Gasteiger partial charge is 0.399 e. The van der Waals surface area contributed by atoms with Gasteiger partial charge in [0.25, 0.3) is 0 Å². The molecule has 0 saturated carbocycles. The predicted molar refractivity (Wildman–Crippen MR) is 76.5 cm³/mol. The summed E-state index contributed by atoms with van der Waals surface area (Å²) in [5, 5.41) is 2.64. The van der Waals surface area contributed by atoms with Gasteiger partial charge in [0.15, 0.2) is 0 Å². The molecule has 0 aliphatic heterocycles. The SMILES string of the molecule is CC(CNS(=O)(=O)c1ccc(N)cc1F)c1nccs1. The number of nitrogens with two attached hydrogens (primary N) is 1. The fraction of sp³-hybridized carbons (Fsp3) is 0.250. The lowest BCUT2D eigenvalue weighted by Crippen LogP contribution is -2.28. The molecule has 5 nitrogen and oxygen atoms in total. The first kappa shape index (κ1) is 14.9. The van der Waals surface area contributed by atoms with E-state index >= 15 is 0 Å². The van der Waals surface area contributed by atoms with Gasteiger partial charge in [0.05, 0.1) is 5.01 Å². The maximum atomic E-state index is 13.6. The van der Waals surface area contributed by atoms with Crippen LogP contribution in [0.2, 0.25) is 0 Å². The van der Waals surface area contributed by atoms with E-state index in [1.54, 1.807) is 6.20 Å². The van der Waals surface area contributed by atoms with Crippen molar-refractivity contribution < 1.29 is 12.8 Å². The molecule has 0 bridgehead atoms. The second kappa shape index (κ2) is 5.86. The predicted octanol–water partition coefficient (Wildman–Crippen LogP) is 1.95. The van der Waals surface area contributed by atoms with Gasteiger partial charge < -0.3 is 5.73 Å². The van der Waals surface area contributed by atoms with E-state index < -0.39 is 20.7 Å². The van der Waals surface area contributed by atoms with Crippen molar-refractivity contribution in [3.05, 3.63) is 40.6 Å². The highest BCUT2D eigenvalue weighted by atomic mass is 32.2. The molecular formula is C12H14FN3O2S2. The Morgan fingerprint density at radius 2 is 2.25 bits per heavy atom. The van der Waals surface area contributed by atoms with Gasteiger partial charge in [-0.3, -0.25) is 0 Å². The van der Waals surface area contributed by atoms with Crippen molar-refractivity contribution in [2.75, 3.05) is 12.3 Å². The number of thiazole rings is 1. The molecular weight excluding hydrogens is 301 g/mol. The number of nitrogen functional groups attached to an aromatic ring is 1. The van der Waals surface area contributed by atoms with Crippen molar-refractivity contribution in [2.24, 2.45) is 0 Å². The zero-order valence-electron chi connectivity index (χ0n) is 10.7. The molecule has 0 fully saturated rings. The number of nitrogens with one attached hydrogen (secondary N) is 1. The van der Waals surface area contributed by atoms with Gasteiger partial charge in [-0.2, -0.15) is 0 Å². The van der Waals surface area contributed by atoms with Gasteiger partial charge in [-0.15, -0.1) is 11.3 Å². The third-order valence-corrected chi connectivity index (χ3v) is 5.16. The van der Waals surface area contributed by atoms with Crippen molar-refractivity contribution in [3.8, 4) is 0 Å². The summed E-state index contributed by atoms with van der Waals surface area (Å²) in [6, 6.07) is 3.49. The zero-order valence-corrected chi connectivity index (χ0v) is 12.3. The normalized spacial score (nSPS) is 13.3. The highest BCUT2D eigenvalue weighted by Crippen LogP contribution is 2.20. The first-order valence-corrected chi connectivity index (χ1v) is 8.20. The molecule has 0 saturated heterocycles. The topological polar surface area (TPSA) is 85.1 Å². The summed E-state index contributed by atoms with van der Waals surface area (Å²) < 4.78 is 40.1. The van der Waals surface area contributed by atoms with Crippen LogP contribution in [0.3, 0.4) is 0 Å². The average molecular weight is 315 g/mol. The molecule has 1 atom stereocenters. The Morgan fingerprint density at radius 1 is 1.50 bits per heavy atom. The molecule has 0 spiro atoms. The van der Waals surface area contributed by atoms with Crippen LogP contribution in [-0.4, -0.2) is 19.9 Å². The molecule has 0 amide bonds. The van der Waals surface area contributed by atoms with Crippen molar-refractivity contribution >= 4 is 27.0 Å². The molecule has 0 radical (unpaired) electrons. The maximum Gasteiger partial charge on any atom is 0.243 e. The van der Waals surface area contributed by atoms with E-state index in [4.69, 9.17) is 5.73 Å². The summed E-state index contributed by atoms with van der Waals surface area (Å²) in [7, 11) is -3.90. The van der Waals surface area contributed by atoms with E-state index in [9.17, 15) is 12.8 Å². The fourth-order valence-electron chi connectivity index (χ4n) is 1.61. The Hall–Kier alpha value is -1.51. The number of nitrogens with zero attached hydrogens (tertiary/aromatic N) is 1. The standard InChI is InChI=1S/C12H14FN3O2S2/c1-8(12-15-4-5-19-12)7-16-20(17,18)11-3-2-9(14)6-10(11)13/h2-6,8,16H,7,14H2,1H3. The third-order valence-electron chi connectivity index (χ3n) is 2.70. The quantitative estimate of drug-likeness (QED) is 0.826. The zero-order chi connectivity index (χ0) is 14.8. The smallest absolute Gasteiger partial charge is 0.243 e. The highest BCUT2D eigenvalue weighted by Gasteiger charge is 2.20. The lowest BCUT2D eigenvalue weighted by Gasteiger charge is -2.11. The van der Waals surface area contributed by atoms with Crippen LogP contribution in [0.4, 0.5) is 10.1 Å². The number of hydrogen-bond acceptors (Lipinski definition) is 5. The molecule has 1 aromatic carbocycles. The Labute approximate surface area is 120 Å². The second-order valence-corrected chi connectivity index (χ2v) is 6.97. The molecule has 108 valence electrons. The first-order chi connectivity index (χ1) is 9.40. The van der Waals surface area contributed by atoms with Crippen molar-refractivity contribution in [1.82, 2.24) is 9.71 Å². The monoisotopic (exact) mass is 315 g/mol. The van der Waals surface area contributed by atoms with Gasteiger partial charge in [-0.25, -0.2) is 22.5 Å². The van der Waals surface area contributed by atoms with E-state index in [1.165, 1.54) is 17.4 Å². The van der Waals surface area contributed by atoms with Crippen LogP contribution in [0.5, 0.6) is 0 Å². The highest BCUT2D eigenvalue weighted by molar-refractivity contribution is 7.89. The number of benzene rings is 1. The molecule has 2 rings (SSSR count). The van der Waals surface area contributed by atoms with Gasteiger partial charge in [0, 0.05) is 29.7 Å². The van der Waals surface area contributed by atoms with Crippen LogP contribution in [-0.2, 0) is 10.0 Å². The maximum absolute atomic E-state index is 13.6. The first-order valence-electron chi connectivity index (χ1n) is 5.84. The number of rotatable bonds is 5. The summed E-state index contributed by atoms with van der Waals surface area (Å²) in [4.78, 5) is 3.71. The van der Waals surface area contributed by atoms with Crippen molar-refractivity contribution in [1.29, 1.82) is 0 Å². The van der Waals surface area contributed by atoms with E-state index in [0.717, 1.165) is 17.1 Å². The lowest BCUT2D eigenvalue weighted by atomic mass is 10.2. The Morgan fingerprint density at radius 3 is 2.85 bits per heavy atom. The number of sulfonamides is 1. The summed E-state index contributed by atoms with van der Waals surface area (Å²) in [5.74, 6) is -0.944. The Kier molecular flexibility index (Phi) is 4.36. The molecule has 2 aromatic rings. The van der Waals surface area contributed by atoms with Crippen molar-refractivity contribution in [2.45, 2.75) is 17.7 Å². The van der Waals surface area contributed by atoms with Crippen LogP contribution >= 0.6 is 11.3 Å². The summed E-state index contributed by atoms with van der Waals surface area (Å²) in [6.45, 7) is 2.00. The fourth-order valence-corrected chi connectivity index (χ4v) is 3.50. The molecule has 3 N–H and O–H groups in total. The summed E-state index contributed by atoms with van der Waals surface area (Å²) >= 11 is 1.45. The lowest BCUT2D eigenvalue weighted by molar-refractivity contribution is 0.553. The van der Waals surface area contributed by atoms with Gasteiger partial charge in [0.1, 0.15) is 10.7 Å². The van der Waals surface area contributed by atoms with Gasteiger partial charge in [-0.1, -0.05) is 6.92 Å². The minimum Gasteiger partial charge on any atom is -0.399 e. The molecule has 1 unspecified atom stereocenters. The second-order valence-electron chi connectivity index (χ2n) is 4.31. The van der Waals surface area contributed by atoms with Crippen LogP contribution in [0, 0.1) is 5.82 Å². The van der Waals surface area contributed by atoms with Gasteiger partial charge >= 0.3 is 0 Å². The number of hydrogen-bond donors (Lipinski definition) is 2. The van der Waals surface area contributed by atoms with E-state index in [-0.39, 0.29) is 18.2 Å². The molecule has 0 aliphatic carbocycles. The molecule has 8 heteroatoms. The van der Waals surface area contributed by atoms with Gasteiger partial charge in [0.2, 0.25) is 10.0 Å². The van der Waals surface area contributed by atoms with Crippen molar-refractivity contribution in [3.63, 3.8) is 0 Å². The van der Waals surface area contributed by atoms with E-state index in [0.29, 0.717) is 0 Å². The van der Waals surface area contributed by atoms with E-state index in [1.807, 2.05) is 12.3 Å².